The van der Waals surface area contributed by atoms with E-state index in [4.69, 9.17) is 14.6 Å². The van der Waals surface area contributed by atoms with Crippen LogP contribution in [-0.2, 0) is 9.53 Å². The number of halogens is 1. The predicted molar refractivity (Wildman–Crippen MR) is 181 cm³/mol. The zero-order valence-corrected chi connectivity index (χ0v) is 27.1. The summed E-state index contributed by atoms with van der Waals surface area (Å²) >= 11 is 0. The Morgan fingerprint density at radius 2 is 1.79 bits per heavy atom. The molecule has 1 aliphatic heterocycles. The van der Waals surface area contributed by atoms with Crippen molar-refractivity contribution in [2.75, 3.05) is 40.4 Å². The molecule has 0 saturated carbocycles. The number of fused-ring (bicyclic) bond motifs is 1. The molecule has 1 unspecified atom stereocenters. The number of nitrogens with zero attached hydrogens (tertiary/aromatic N) is 4. The normalized spacial score (nSPS) is 15.7. The third-order valence-corrected chi connectivity index (χ3v) is 8.24. The summed E-state index contributed by atoms with van der Waals surface area (Å²) in [4.78, 5) is 25.5. The Morgan fingerprint density at radius 1 is 1.04 bits per heavy atom. The molecule has 4 aromatic rings. The van der Waals surface area contributed by atoms with Gasteiger partial charge in [-0.2, -0.15) is 5.10 Å². The number of carbonyl (C=O) groups is 2. The molecule has 0 spiro atoms. The average molecular weight is 641 g/mol. The summed E-state index contributed by atoms with van der Waals surface area (Å²) in [6.07, 6.45) is 5.56. The monoisotopic (exact) mass is 640 g/mol. The highest BCUT2D eigenvalue weighted by molar-refractivity contribution is 6.00. The number of allylic oxidation sites excluding steroid dienone is 1. The van der Waals surface area contributed by atoms with Crippen molar-refractivity contribution in [2.45, 2.75) is 38.8 Å². The Labute approximate surface area is 274 Å². The molecule has 3 aromatic carbocycles. The lowest BCUT2D eigenvalue weighted by Gasteiger charge is -2.23. The fourth-order valence-corrected chi connectivity index (χ4v) is 5.78. The summed E-state index contributed by atoms with van der Waals surface area (Å²) in [5.74, 6) is -1.25. The molecular weight excluding hydrogens is 599 g/mol. The number of likely N-dealkylation sites (N-methyl/N-ethyl adjacent to an activating group) is 1. The third-order valence-electron chi connectivity index (χ3n) is 8.24. The second kappa shape index (κ2) is 15.6. The lowest BCUT2D eigenvalue weighted by atomic mass is 9.88. The minimum absolute atomic E-state index is 0.00421. The minimum atomic E-state index is -1.23. The van der Waals surface area contributed by atoms with Gasteiger partial charge < -0.3 is 24.4 Å². The SMILES string of the molecule is CC/C(=C(/c1ccc(OCCN(C/C=C(\F)C(=O)N(C)C)C(=O)O)cc1)c1ccc2c(cnn2C2CCCCO2)c1)c1ccccc1. The van der Waals surface area contributed by atoms with Gasteiger partial charge in [0.2, 0.25) is 0 Å². The van der Waals surface area contributed by atoms with Gasteiger partial charge in [-0.25, -0.2) is 13.9 Å². The maximum absolute atomic E-state index is 14.0. The van der Waals surface area contributed by atoms with Gasteiger partial charge in [0.15, 0.2) is 12.1 Å². The van der Waals surface area contributed by atoms with Crippen molar-refractivity contribution in [1.82, 2.24) is 19.6 Å². The quantitative estimate of drug-likeness (QED) is 0.128. The van der Waals surface area contributed by atoms with E-state index >= 15 is 0 Å². The van der Waals surface area contributed by atoms with Gasteiger partial charge in [-0.1, -0.05) is 55.5 Å². The standard InChI is InChI=1S/C37H41FN4O5/c1-4-31(26-10-6-5-7-11-26)35(28-15-18-33-29(24-28)25-39-42(33)34-12-8-9-22-47-34)27-13-16-30(17-14-27)46-23-21-41(37(44)45)20-19-32(38)36(43)40(2)3/h5-7,10-11,13-19,24-25,34H,4,8-9,12,20-23H2,1-3H3,(H,44,45)/b32-19-,35-31+. The highest BCUT2D eigenvalue weighted by Crippen LogP contribution is 2.37. The average Bonchev–Trinajstić information content (AvgIpc) is 3.52. The van der Waals surface area contributed by atoms with Crippen LogP contribution in [0, 0.1) is 0 Å². The Morgan fingerprint density at radius 3 is 2.45 bits per heavy atom. The molecule has 0 aliphatic carbocycles. The van der Waals surface area contributed by atoms with Gasteiger partial charge in [0.1, 0.15) is 12.4 Å². The summed E-state index contributed by atoms with van der Waals surface area (Å²) in [7, 11) is 2.85. The summed E-state index contributed by atoms with van der Waals surface area (Å²) in [5, 5.41) is 15.3. The lowest BCUT2D eigenvalue weighted by molar-refractivity contribution is -0.126. The van der Waals surface area contributed by atoms with Crippen LogP contribution in [0.15, 0.2) is 90.9 Å². The topological polar surface area (TPSA) is 97.1 Å². The summed E-state index contributed by atoms with van der Waals surface area (Å²) in [6, 6.07) is 24.5. The van der Waals surface area contributed by atoms with E-state index in [2.05, 4.69) is 37.3 Å². The van der Waals surface area contributed by atoms with Crippen molar-refractivity contribution in [3.8, 4) is 5.75 Å². The van der Waals surface area contributed by atoms with Crippen molar-refractivity contribution in [3.63, 3.8) is 0 Å². The highest BCUT2D eigenvalue weighted by Gasteiger charge is 2.20. The molecule has 1 N–H and O–H groups in total. The molecule has 9 nitrogen and oxygen atoms in total. The fraction of sp³-hybridized carbons (Fsp3) is 0.324. The highest BCUT2D eigenvalue weighted by atomic mass is 19.1. The van der Waals surface area contributed by atoms with Gasteiger partial charge in [0.05, 0.1) is 18.3 Å². The van der Waals surface area contributed by atoms with Gasteiger partial charge in [-0.3, -0.25) is 4.79 Å². The molecule has 5 rings (SSSR count). The molecule has 2 heterocycles. The van der Waals surface area contributed by atoms with Crippen LogP contribution >= 0.6 is 0 Å². The van der Waals surface area contributed by atoms with E-state index in [-0.39, 0.29) is 25.9 Å². The van der Waals surface area contributed by atoms with Crippen LogP contribution in [0.1, 0.15) is 55.5 Å². The Bertz CT molecular complexity index is 1740. The smallest absolute Gasteiger partial charge is 0.407 e. The van der Waals surface area contributed by atoms with E-state index in [0.29, 0.717) is 5.75 Å². The third kappa shape index (κ3) is 8.07. The molecule has 1 aliphatic rings. The molecule has 2 amide bonds. The van der Waals surface area contributed by atoms with Gasteiger partial charge in [0, 0.05) is 32.6 Å². The van der Waals surface area contributed by atoms with Gasteiger partial charge >= 0.3 is 6.09 Å². The van der Waals surface area contributed by atoms with Crippen molar-refractivity contribution >= 4 is 34.0 Å². The van der Waals surface area contributed by atoms with Crippen molar-refractivity contribution < 1.29 is 28.6 Å². The minimum Gasteiger partial charge on any atom is -0.492 e. The molecule has 246 valence electrons. The van der Waals surface area contributed by atoms with Crippen LogP contribution < -0.4 is 4.74 Å². The maximum Gasteiger partial charge on any atom is 0.407 e. The molecule has 1 atom stereocenters. The molecule has 10 heteroatoms. The van der Waals surface area contributed by atoms with E-state index in [0.717, 1.165) is 81.3 Å². The molecule has 1 fully saturated rings. The molecule has 47 heavy (non-hydrogen) atoms. The second-order valence-electron chi connectivity index (χ2n) is 11.6. The van der Waals surface area contributed by atoms with Crippen LogP contribution in [0.25, 0.3) is 22.0 Å². The fourth-order valence-electron chi connectivity index (χ4n) is 5.78. The molecule has 1 saturated heterocycles. The van der Waals surface area contributed by atoms with Gasteiger partial charge in [-0.05, 0) is 83.9 Å². The van der Waals surface area contributed by atoms with Gasteiger partial charge in [0.25, 0.3) is 5.91 Å². The van der Waals surface area contributed by atoms with E-state index in [1.54, 1.807) is 0 Å². The first kappa shape index (κ1) is 33.4. The zero-order valence-electron chi connectivity index (χ0n) is 27.1. The molecule has 0 radical (unpaired) electrons. The number of carbonyl (C=O) groups excluding carboxylic acids is 1. The predicted octanol–water partition coefficient (Wildman–Crippen LogP) is 7.40. The number of aromatic nitrogens is 2. The first-order chi connectivity index (χ1) is 22.8. The molecule has 1 aromatic heterocycles. The van der Waals surface area contributed by atoms with Crippen LogP contribution in [0.5, 0.6) is 5.75 Å². The van der Waals surface area contributed by atoms with Crippen molar-refractivity contribution in [3.05, 3.63) is 108 Å². The summed E-state index contributed by atoms with van der Waals surface area (Å²) in [6.45, 7) is 2.69. The van der Waals surface area contributed by atoms with Gasteiger partial charge in [-0.15, -0.1) is 0 Å². The van der Waals surface area contributed by atoms with Crippen LogP contribution in [0.2, 0.25) is 0 Å². The molecule has 0 bridgehead atoms. The van der Waals surface area contributed by atoms with E-state index in [9.17, 15) is 19.1 Å². The Kier molecular flexibility index (Phi) is 11.1. The maximum atomic E-state index is 14.0. The Balaban J connectivity index is 1.38. The van der Waals surface area contributed by atoms with Crippen LogP contribution in [-0.4, -0.2) is 77.1 Å². The number of amides is 2. The number of hydrogen-bond donors (Lipinski definition) is 1. The van der Waals surface area contributed by atoms with Crippen LogP contribution in [0.3, 0.4) is 0 Å². The number of ether oxygens (including phenoxy) is 2. The van der Waals surface area contributed by atoms with Crippen molar-refractivity contribution in [1.29, 1.82) is 0 Å². The number of rotatable bonds is 12. The number of benzene rings is 3. The number of carboxylic acid groups (broad SMARTS) is 1. The molecular formula is C37H41FN4O5. The Hall–Kier alpha value is -4.96. The van der Waals surface area contributed by atoms with E-state index in [1.165, 1.54) is 19.7 Å². The first-order valence-corrected chi connectivity index (χ1v) is 15.9. The van der Waals surface area contributed by atoms with E-state index < -0.39 is 17.8 Å². The largest absolute Gasteiger partial charge is 0.492 e. The summed E-state index contributed by atoms with van der Waals surface area (Å²) in [5.41, 5.74) is 6.57. The lowest BCUT2D eigenvalue weighted by Crippen LogP contribution is -2.34. The number of hydrogen-bond acceptors (Lipinski definition) is 5. The first-order valence-electron chi connectivity index (χ1n) is 15.9. The van der Waals surface area contributed by atoms with Crippen LogP contribution in [0.4, 0.5) is 9.18 Å². The summed E-state index contributed by atoms with van der Waals surface area (Å²) < 4.78 is 27.9. The van der Waals surface area contributed by atoms with Crippen molar-refractivity contribution in [2.24, 2.45) is 0 Å². The second-order valence-corrected chi connectivity index (χ2v) is 11.6. The zero-order chi connectivity index (χ0) is 33.3. The van der Waals surface area contributed by atoms with E-state index in [1.807, 2.05) is 53.3 Å².